The second-order valence-electron chi connectivity index (χ2n) is 4.01. The lowest BCUT2D eigenvalue weighted by Crippen LogP contribution is -2.05. The number of nitrogens with two attached hydrogens (primary N) is 1. The summed E-state index contributed by atoms with van der Waals surface area (Å²) in [6.45, 7) is 0. The molecule has 19 heavy (non-hydrogen) atoms. The molecule has 0 unspecified atom stereocenters. The van der Waals surface area contributed by atoms with Crippen LogP contribution < -0.4 is 5.73 Å². The van der Waals surface area contributed by atoms with E-state index in [9.17, 15) is 8.78 Å². The minimum absolute atomic E-state index is 0.0565. The van der Waals surface area contributed by atoms with Crippen molar-refractivity contribution in [2.45, 2.75) is 0 Å². The number of para-hydroxylation sites is 1. The van der Waals surface area contributed by atoms with E-state index in [2.05, 4.69) is 27.6 Å². The van der Waals surface area contributed by atoms with Gasteiger partial charge >= 0.3 is 0 Å². The fourth-order valence-corrected chi connectivity index (χ4v) is 2.48. The summed E-state index contributed by atoms with van der Waals surface area (Å²) in [5.74, 6) is -1.30. The molecule has 0 radical (unpaired) electrons. The Hall–Kier alpha value is -1.70. The Morgan fingerprint density at radius 2 is 1.79 bits per heavy atom. The van der Waals surface area contributed by atoms with Gasteiger partial charge in [0.1, 0.15) is 17.3 Å². The molecule has 1 heterocycles. The van der Waals surface area contributed by atoms with Crippen LogP contribution in [0, 0.1) is 15.2 Å². The first-order valence-electron chi connectivity index (χ1n) is 5.46. The van der Waals surface area contributed by atoms with Gasteiger partial charge in [0, 0.05) is 3.57 Å². The van der Waals surface area contributed by atoms with Gasteiger partial charge in [-0.3, -0.25) is 4.57 Å². The van der Waals surface area contributed by atoms with Crippen LogP contribution in [0.5, 0.6) is 0 Å². The smallest absolute Gasteiger partial charge is 0.206 e. The SMILES string of the molecule is Nc1nc2cc(I)ccc2n1-c1c(F)cccc1F. The van der Waals surface area contributed by atoms with Crippen molar-refractivity contribution in [1.29, 1.82) is 0 Å². The number of hydrogen-bond donors (Lipinski definition) is 1. The van der Waals surface area contributed by atoms with Gasteiger partial charge in [0.25, 0.3) is 0 Å². The van der Waals surface area contributed by atoms with Gasteiger partial charge in [0.05, 0.1) is 11.0 Å². The van der Waals surface area contributed by atoms with Gasteiger partial charge in [0.2, 0.25) is 5.95 Å². The van der Waals surface area contributed by atoms with Gasteiger partial charge in [-0.25, -0.2) is 13.8 Å². The van der Waals surface area contributed by atoms with Crippen molar-refractivity contribution in [2.75, 3.05) is 5.73 Å². The first kappa shape index (κ1) is 12.3. The first-order valence-corrected chi connectivity index (χ1v) is 6.53. The van der Waals surface area contributed by atoms with Crippen molar-refractivity contribution in [1.82, 2.24) is 9.55 Å². The number of imidazole rings is 1. The Bertz CT molecular complexity index is 763. The van der Waals surface area contributed by atoms with E-state index in [0.29, 0.717) is 11.0 Å². The van der Waals surface area contributed by atoms with Crippen LogP contribution in [-0.4, -0.2) is 9.55 Å². The van der Waals surface area contributed by atoms with Crippen molar-refractivity contribution in [2.24, 2.45) is 0 Å². The average molecular weight is 371 g/mol. The molecule has 1 aromatic heterocycles. The summed E-state index contributed by atoms with van der Waals surface area (Å²) in [5.41, 5.74) is 6.76. The van der Waals surface area contributed by atoms with Crippen molar-refractivity contribution in [3.63, 3.8) is 0 Å². The van der Waals surface area contributed by atoms with Crippen molar-refractivity contribution >= 4 is 39.6 Å². The molecule has 0 aliphatic heterocycles. The van der Waals surface area contributed by atoms with Crippen LogP contribution >= 0.6 is 22.6 Å². The Balaban J connectivity index is 2.40. The average Bonchev–Trinajstić information content (AvgIpc) is 2.65. The zero-order chi connectivity index (χ0) is 13.6. The Labute approximate surface area is 121 Å². The van der Waals surface area contributed by atoms with Crippen LogP contribution in [0.3, 0.4) is 0 Å². The van der Waals surface area contributed by atoms with Gasteiger partial charge in [-0.2, -0.15) is 0 Å². The summed E-state index contributed by atoms with van der Waals surface area (Å²) in [7, 11) is 0. The van der Waals surface area contributed by atoms with E-state index in [1.54, 1.807) is 6.07 Å². The predicted molar refractivity (Wildman–Crippen MR) is 78.1 cm³/mol. The molecule has 2 N–H and O–H groups in total. The zero-order valence-corrected chi connectivity index (χ0v) is 11.7. The molecule has 0 fully saturated rings. The summed E-state index contributed by atoms with van der Waals surface area (Å²) in [6.07, 6.45) is 0. The standard InChI is InChI=1S/C13H8F2IN3/c14-8-2-1-3-9(15)12(8)19-11-5-4-7(16)6-10(11)18-13(19)17/h1-6H,(H2,17,18). The first-order chi connectivity index (χ1) is 9.08. The molecule has 3 aromatic rings. The highest BCUT2D eigenvalue weighted by Crippen LogP contribution is 2.27. The van der Waals surface area contributed by atoms with E-state index < -0.39 is 11.6 Å². The summed E-state index contributed by atoms with van der Waals surface area (Å²) in [6, 6.07) is 9.08. The third-order valence-corrected chi connectivity index (χ3v) is 3.47. The third kappa shape index (κ3) is 1.95. The molecule has 0 saturated heterocycles. The lowest BCUT2D eigenvalue weighted by Gasteiger charge is -2.08. The fourth-order valence-electron chi connectivity index (χ4n) is 2.01. The summed E-state index contributed by atoms with van der Waals surface area (Å²) >= 11 is 2.14. The maximum absolute atomic E-state index is 13.9. The second kappa shape index (κ2) is 4.44. The molecule has 0 amide bonds. The minimum Gasteiger partial charge on any atom is -0.369 e. The fraction of sp³-hybridized carbons (Fsp3) is 0. The van der Waals surface area contributed by atoms with Crippen molar-refractivity contribution in [3.8, 4) is 5.69 Å². The molecule has 3 rings (SSSR count). The number of aromatic nitrogens is 2. The number of halogens is 3. The predicted octanol–water partition coefficient (Wildman–Crippen LogP) is 3.49. The Morgan fingerprint density at radius 3 is 2.47 bits per heavy atom. The monoisotopic (exact) mass is 371 g/mol. The molecular formula is C13H8F2IN3. The van der Waals surface area contributed by atoms with Gasteiger partial charge in [0.15, 0.2) is 0 Å². The van der Waals surface area contributed by atoms with Gasteiger partial charge in [-0.15, -0.1) is 0 Å². The van der Waals surface area contributed by atoms with E-state index in [1.165, 1.54) is 22.8 Å². The number of nitrogens with zero attached hydrogens (tertiary/aromatic N) is 2. The quantitative estimate of drug-likeness (QED) is 0.666. The molecule has 0 saturated carbocycles. The molecule has 0 spiro atoms. The lowest BCUT2D eigenvalue weighted by molar-refractivity contribution is 0.572. The molecular weight excluding hydrogens is 363 g/mol. The van der Waals surface area contributed by atoms with E-state index >= 15 is 0 Å². The molecule has 6 heteroatoms. The zero-order valence-electron chi connectivity index (χ0n) is 9.57. The molecule has 96 valence electrons. The summed E-state index contributed by atoms with van der Waals surface area (Å²) < 4.78 is 30.0. The molecule has 0 atom stereocenters. The van der Waals surface area contributed by atoms with E-state index in [-0.39, 0.29) is 11.6 Å². The van der Waals surface area contributed by atoms with Crippen LogP contribution in [0.1, 0.15) is 0 Å². The van der Waals surface area contributed by atoms with Gasteiger partial charge in [-0.1, -0.05) is 6.07 Å². The molecule has 3 nitrogen and oxygen atoms in total. The van der Waals surface area contributed by atoms with Crippen molar-refractivity contribution in [3.05, 3.63) is 51.6 Å². The number of hydrogen-bond acceptors (Lipinski definition) is 2. The number of benzene rings is 2. The van der Waals surface area contributed by atoms with E-state index in [4.69, 9.17) is 5.73 Å². The molecule has 2 aromatic carbocycles. The maximum atomic E-state index is 13.9. The van der Waals surface area contributed by atoms with Crippen LogP contribution in [0.4, 0.5) is 14.7 Å². The number of fused-ring (bicyclic) bond motifs is 1. The molecule has 0 aliphatic carbocycles. The van der Waals surface area contributed by atoms with Crippen LogP contribution in [0.15, 0.2) is 36.4 Å². The highest BCUT2D eigenvalue weighted by Gasteiger charge is 2.17. The Kier molecular flexibility index (Phi) is 2.89. The number of nitrogen functional groups attached to an aromatic ring is 1. The summed E-state index contributed by atoms with van der Waals surface area (Å²) in [4.78, 5) is 4.14. The maximum Gasteiger partial charge on any atom is 0.206 e. The normalized spacial score (nSPS) is 11.1. The minimum atomic E-state index is -0.676. The second-order valence-corrected chi connectivity index (χ2v) is 5.25. The largest absolute Gasteiger partial charge is 0.369 e. The number of rotatable bonds is 1. The topological polar surface area (TPSA) is 43.8 Å². The number of anilines is 1. The lowest BCUT2D eigenvalue weighted by atomic mass is 10.2. The van der Waals surface area contributed by atoms with Crippen molar-refractivity contribution < 1.29 is 8.78 Å². The highest BCUT2D eigenvalue weighted by molar-refractivity contribution is 14.1. The Morgan fingerprint density at radius 1 is 1.11 bits per heavy atom. The third-order valence-electron chi connectivity index (χ3n) is 2.80. The molecule has 0 bridgehead atoms. The van der Waals surface area contributed by atoms with Crippen LogP contribution in [-0.2, 0) is 0 Å². The van der Waals surface area contributed by atoms with E-state index in [0.717, 1.165) is 3.57 Å². The van der Waals surface area contributed by atoms with E-state index in [1.807, 2.05) is 12.1 Å². The van der Waals surface area contributed by atoms with Crippen LogP contribution in [0.25, 0.3) is 16.7 Å². The summed E-state index contributed by atoms with van der Waals surface area (Å²) in [5, 5.41) is 0. The van der Waals surface area contributed by atoms with Crippen LogP contribution in [0.2, 0.25) is 0 Å². The highest BCUT2D eigenvalue weighted by atomic mass is 127. The molecule has 0 aliphatic rings. The van der Waals surface area contributed by atoms with Gasteiger partial charge in [-0.05, 0) is 52.9 Å². The van der Waals surface area contributed by atoms with Gasteiger partial charge < -0.3 is 5.73 Å².